The van der Waals surface area contributed by atoms with E-state index in [0.29, 0.717) is 12.5 Å². The van der Waals surface area contributed by atoms with Crippen molar-refractivity contribution < 1.29 is 9.53 Å². The van der Waals surface area contributed by atoms with Crippen LogP contribution in [0.4, 0.5) is 0 Å². The summed E-state index contributed by atoms with van der Waals surface area (Å²) >= 11 is 1.72. The minimum absolute atomic E-state index is 0.0964. The van der Waals surface area contributed by atoms with Gasteiger partial charge in [0, 0.05) is 50.0 Å². The molecule has 2 saturated heterocycles. The van der Waals surface area contributed by atoms with Gasteiger partial charge in [-0.25, -0.2) is 4.98 Å². The molecular weight excluding hydrogens is 286 g/mol. The van der Waals surface area contributed by atoms with Crippen molar-refractivity contribution in [2.24, 2.45) is 11.8 Å². The summed E-state index contributed by atoms with van der Waals surface area (Å²) in [6, 6.07) is 0. The summed E-state index contributed by atoms with van der Waals surface area (Å²) in [5.41, 5.74) is 3.04. The maximum atomic E-state index is 12.1. The average Bonchev–Trinajstić information content (AvgIpc) is 2.91. The SMILES string of the molecule is CNC(=O)[C@H]1CCO[C@H]2CCN(Cc3scnc3C)C[C@@H]21. The van der Waals surface area contributed by atoms with Crippen molar-refractivity contribution in [3.63, 3.8) is 0 Å². The number of fused-ring (bicyclic) bond motifs is 1. The van der Waals surface area contributed by atoms with Gasteiger partial charge in [-0.1, -0.05) is 0 Å². The Morgan fingerprint density at radius 2 is 2.43 bits per heavy atom. The van der Waals surface area contributed by atoms with Crippen LogP contribution in [0, 0.1) is 18.8 Å². The van der Waals surface area contributed by atoms with Crippen molar-refractivity contribution in [2.45, 2.75) is 32.4 Å². The predicted octanol–water partition coefficient (Wildman–Crippen LogP) is 1.42. The van der Waals surface area contributed by atoms with Crippen molar-refractivity contribution in [3.05, 3.63) is 16.1 Å². The van der Waals surface area contributed by atoms with Gasteiger partial charge in [0.2, 0.25) is 5.91 Å². The molecule has 5 nitrogen and oxygen atoms in total. The summed E-state index contributed by atoms with van der Waals surface area (Å²) in [6.45, 7) is 5.71. The molecule has 0 unspecified atom stereocenters. The second kappa shape index (κ2) is 6.42. The molecule has 6 heteroatoms. The van der Waals surface area contributed by atoms with Crippen LogP contribution in [0.2, 0.25) is 0 Å². The Kier molecular flexibility index (Phi) is 4.57. The van der Waals surface area contributed by atoms with Gasteiger partial charge >= 0.3 is 0 Å². The Morgan fingerprint density at radius 3 is 3.14 bits per heavy atom. The number of nitrogens with one attached hydrogen (secondary N) is 1. The molecule has 1 N–H and O–H groups in total. The second-order valence-corrected chi connectivity index (χ2v) is 6.91. The first-order chi connectivity index (χ1) is 10.2. The van der Waals surface area contributed by atoms with Crippen molar-refractivity contribution in [3.8, 4) is 0 Å². The molecule has 0 saturated carbocycles. The van der Waals surface area contributed by atoms with E-state index in [0.717, 1.165) is 38.2 Å². The van der Waals surface area contributed by atoms with E-state index in [4.69, 9.17) is 4.74 Å². The normalized spacial score (nSPS) is 29.9. The summed E-state index contributed by atoms with van der Waals surface area (Å²) in [6.07, 6.45) is 2.12. The molecule has 2 aliphatic rings. The lowest BCUT2D eigenvalue weighted by Crippen LogP contribution is -2.52. The van der Waals surface area contributed by atoms with Gasteiger partial charge in [-0.2, -0.15) is 0 Å². The van der Waals surface area contributed by atoms with Crippen molar-refractivity contribution in [1.82, 2.24) is 15.2 Å². The van der Waals surface area contributed by atoms with E-state index >= 15 is 0 Å². The van der Waals surface area contributed by atoms with Crippen molar-refractivity contribution >= 4 is 17.2 Å². The topological polar surface area (TPSA) is 54.5 Å². The third-order valence-electron chi connectivity index (χ3n) is 4.75. The number of aryl methyl sites for hydroxylation is 1. The Morgan fingerprint density at radius 1 is 1.57 bits per heavy atom. The first-order valence-corrected chi connectivity index (χ1v) is 8.51. The fourth-order valence-electron chi connectivity index (χ4n) is 3.52. The number of likely N-dealkylation sites (tertiary alicyclic amines) is 1. The lowest BCUT2D eigenvalue weighted by Gasteiger charge is -2.44. The number of ether oxygens (including phenoxy) is 1. The van der Waals surface area contributed by atoms with E-state index in [1.165, 1.54) is 4.88 Å². The van der Waals surface area contributed by atoms with Crippen molar-refractivity contribution in [2.75, 3.05) is 26.7 Å². The summed E-state index contributed by atoms with van der Waals surface area (Å²) in [7, 11) is 1.73. The van der Waals surface area contributed by atoms with Gasteiger partial charge in [0.15, 0.2) is 0 Å². The zero-order valence-electron chi connectivity index (χ0n) is 12.7. The van der Waals surface area contributed by atoms with Gasteiger partial charge in [-0.3, -0.25) is 9.69 Å². The second-order valence-electron chi connectivity index (χ2n) is 5.97. The molecule has 3 rings (SSSR count). The summed E-state index contributed by atoms with van der Waals surface area (Å²) in [5.74, 6) is 0.587. The van der Waals surface area contributed by atoms with E-state index in [2.05, 4.69) is 22.1 Å². The van der Waals surface area contributed by atoms with Crippen LogP contribution < -0.4 is 5.32 Å². The molecule has 0 aromatic carbocycles. The van der Waals surface area contributed by atoms with Crippen LogP contribution in [-0.4, -0.2) is 48.6 Å². The smallest absolute Gasteiger partial charge is 0.223 e. The lowest BCUT2D eigenvalue weighted by atomic mass is 9.79. The highest BCUT2D eigenvalue weighted by molar-refractivity contribution is 7.09. The third-order valence-corrected chi connectivity index (χ3v) is 5.67. The van der Waals surface area contributed by atoms with Crippen LogP contribution >= 0.6 is 11.3 Å². The molecule has 1 aromatic rings. The molecule has 3 heterocycles. The maximum absolute atomic E-state index is 12.1. The van der Waals surface area contributed by atoms with E-state index in [1.807, 2.05) is 5.51 Å². The van der Waals surface area contributed by atoms with Crippen LogP contribution in [0.3, 0.4) is 0 Å². The minimum Gasteiger partial charge on any atom is -0.378 e. The molecule has 1 aromatic heterocycles. The summed E-state index contributed by atoms with van der Waals surface area (Å²) in [4.78, 5) is 20.2. The number of carbonyl (C=O) groups is 1. The van der Waals surface area contributed by atoms with Crippen LogP contribution in [0.25, 0.3) is 0 Å². The number of rotatable bonds is 3. The van der Waals surface area contributed by atoms with E-state index in [-0.39, 0.29) is 17.9 Å². The first kappa shape index (κ1) is 14.9. The fourth-order valence-corrected chi connectivity index (χ4v) is 4.34. The Hall–Kier alpha value is -0.980. The number of piperidine rings is 1. The lowest BCUT2D eigenvalue weighted by molar-refractivity contribution is -0.141. The molecule has 3 atom stereocenters. The molecule has 21 heavy (non-hydrogen) atoms. The Bertz CT molecular complexity index is 505. The fraction of sp³-hybridized carbons (Fsp3) is 0.733. The maximum Gasteiger partial charge on any atom is 0.223 e. The van der Waals surface area contributed by atoms with Gasteiger partial charge in [-0.15, -0.1) is 11.3 Å². The van der Waals surface area contributed by atoms with Crippen molar-refractivity contribution in [1.29, 1.82) is 0 Å². The average molecular weight is 309 g/mol. The number of carbonyl (C=O) groups excluding carboxylic acids is 1. The van der Waals surface area contributed by atoms with E-state index < -0.39 is 0 Å². The molecule has 0 aliphatic carbocycles. The number of hydrogen-bond donors (Lipinski definition) is 1. The van der Waals surface area contributed by atoms with Gasteiger partial charge < -0.3 is 10.1 Å². The quantitative estimate of drug-likeness (QED) is 0.917. The summed E-state index contributed by atoms with van der Waals surface area (Å²) in [5, 5.41) is 2.82. The van der Waals surface area contributed by atoms with Gasteiger partial charge in [-0.05, 0) is 19.8 Å². The number of amides is 1. The molecule has 2 aliphatic heterocycles. The highest BCUT2D eigenvalue weighted by atomic mass is 32.1. The van der Waals surface area contributed by atoms with Crippen LogP contribution in [0.15, 0.2) is 5.51 Å². The molecular formula is C15H23N3O2S. The minimum atomic E-state index is 0.0964. The van der Waals surface area contributed by atoms with E-state index in [1.54, 1.807) is 18.4 Å². The summed E-state index contributed by atoms with van der Waals surface area (Å²) < 4.78 is 5.90. The monoisotopic (exact) mass is 309 g/mol. The highest BCUT2D eigenvalue weighted by Crippen LogP contribution is 2.34. The number of aromatic nitrogens is 1. The van der Waals surface area contributed by atoms with E-state index in [9.17, 15) is 4.79 Å². The predicted molar refractivity (Wildman–Crippen MR) is 82.1 cm³/mol. The van der Waals surface area contributed by atoms with Gasteiger partial charge in [0.05, 0.1) is 17.3 Å². The molecule has 116 valence electrons. The van der Waals surface area contributed by atoms with Gasteiger partial charge in [0.25, 0.3) is 0 Å². The van der Waals surface area contributed by atoms with Crippen LogP contribution in [-0.2, 0) is 16.1 Å². The zero-order valence-corrected chi connectivity index (χ0v) is 13.5. The molecule has 2 fully saturated rings. The Balaban J connectivity index is 1.68. The molecule has 1 amide bonds. The Labute approximate surface area is 129 Å². The zero-order chi connectivity index (χ0) is 14.8. The molecule has 0 radical (unpaired) electrons. The number of thiazole rings is 1. The standard InChI is InChI=1S/C15H23N3O2S/c1-10-14(21-9-17-10)8-18-5-3-13-12(7-18)11(4-6-20-13)15(19)16-2/h9,11-13H,3-8H2,1-2H3,(H,16,19)/t11-,12+,13-/m0/s1. The number of hydrogen-bond acceptors (Lipinski definition) is 5. The molecule has 0 spiro atoms. The van der Waals surface area contributed by atoms with Gasteiger partial charge in [0.1, 0.15) is 0 Å². The first-order valence-electron chi connectivity index (χ1n) is 7.63. The third kappa shape index (κ3) is 3.12. The molecule has 0 bridgehead atoms. The van der Waals surface area contributed by atoms with Crippen LogP contribution in [0.1, 0.15) is 23.4 Å². The highest BCUT2D eigenvalue weighted by Gasteiger charge is 2.41. The van der Waals surface area contributed by atoms with Crippen LogP contribution in [0.5, 0.6) is 0 Å². The largest absolute Gasteiger partial charge is 0.378 e. The number of nitrogens with zero attached hydrogens (tertiary/aromatic N) is 2.